The van der Waals surface area contributed by atoms with Crippen LogP contribution >= 0.6 is 11.6 Å². The van der Waals surface area contributed by atoms with E-state index in [4.69, 9.17) is 21.1 Å². The molecule has 152 valence electrons. The molecule has 0 N–H and O–H groups in total. The van der Waals surface area contributed by atoms with Crippen molar-refractivity contribution in [1.82, 2.24) is 0 Å². The summed E-state index contributed by atoms with van der Waals surface area (Å²) in [6.07, 6.45) is 0. The maximum atomic E-state index is 13.1. The van der Waals surface area contributed by atoms with E-state index in [0.717, 1.165) is 23.7 Å². The van der Waals surface area contributed by atoms with E-state index in [1.165, 1.54) is 14.2 Å². The van der Waals surface area contributed by atoms with Gasteiger partial charge in [-0.2, -0.15) is 0 Å². The molecule has 1 heterocycles. The van der Waals surface area contributed by atoms with Crippen LogP contribution in [0.15, 0.2) is 47.5 Å². The van der Waals surface area contributed by atoms with Gasteiger partial charge < -0.3 is 14.4 Å². The van der Waals surface area contributed by atoms with Crippen molar-refractivity contribution in [2.24, 2.45) is 0 Å². The lowest BCUT2D eigenvalue weighted by molar-refractivity contribution is -0.119. The Hall–Kier alpha value is -2.99. The summed E-state index contributed by atoms with van der Waals surface area (Å²) >= 11 is 6.29. The van der Waals surface area contributed by atoms with E-state index in [-0.39, 0.29) is 10.6 Å². The minimum absolute atomic E-state index is 0.116. The van der Waals surface area contributed by atoms with Gasteiger partial charge in [0.15, 0.2) is 11.5 Å². The number of amides is 2. The summed E-state index contributed by atoms with van der Waals surface area (Å²) in [7, 11) is 3.03. The normalized spacial score (nSPS) is 13.9. The number of carbonyl (C=O) groups excluding carboxylic acids is 2. The molecule has 0 spiro atoms. The Kier molecular flexibility index (Phi) is 6.13. The van der Waals surface area contributed by atoms with E-state index in [9.17, 15) is 9.59 Å². The van der Waals surface area contributed by atoms with E-state index in [0.29, 0.717) is 22.7 Å². The molecular formula is C22H23ClN2O4. The number of rotatable bonds is 7. The van der Waals surface area contributed by atoms with Crippen molar-refractivity contribution in [3.8, 4) is 11.5 Å². The van der Waals surface area contributed by atoms with Crippen LogP contribution in [0.3, 0.4) is 0 Å². The molecule has 0 saturated heterocycles. The van der Waals surface area contributed by atoms with Crippen LogP contribution in [0.4, 0.5) is 11.4 Å². The van der Waals surface area contributed by atoms with Gasteiger partial charge in [0.1, 0.15) is 5.03 Å². The van der Waals surface area contributed by atoms with Gasteiger partial charge >= 0.3 is 0 Å². The van der Waals surface area contributed by atoms with E-state index >= 15 is 0 Å². The lowest BCUT2D eigenvalue weighted by Crippen LogP contribution is -2.31. The Balaban J connectivity index is 1.95. The van der Waals surface area contributed by atoms with Crippen molar-refractivity contribution in [2.75, 3.05) is 37.1 Å². The zero-order valence-electron chi connectivity index (χ0n) is 16.9. The van der Waals surface area contributed by atoms with Gasteiger partial charge in [-0.05, 0) is 55.8 Å². The van der Waals surface area contributed by atoms with E-state index < -0.39 is 11.8 Å². The highest BCUT2D eigenvalue weighted by molar-refractivity contribution is 6.60. The maximum absolute atomic E-state index is 13.1. The average molecular weight is 415 g/mol. The molecule has 0 aromatic heterocycles. The van der Waals surface area contributed by atoms with Gasteiger partial charge in [0, 0.05) is 18.8 Å². The number of hydrogen-bond donors (Lipinski definition) is 0. The lowest BCUT2D eigenvalue weighted by atomic mass is 10.1. The standard InChI is InChI=1S/C22H23ClN2O4/c1-5-24(6-2)15-8-10-16(11-9-15)25-21(26)19(20(23)22(25)27)14-7-12-17(28-3)18(13-14)29-4/h7-13H,5-6H2,1-4H3. The molecule has 29 heavy (non-hydrogen) atoms. The molecule has 2 aromatic carbocycles. The number of halogens is 1. The second-order valence-corrected chi connectivity index (χ2v) is 6.77. The molecule has 2 amide bonds. The van der Waals surface area contributed by atoms with Crippen molar-refractivity contribution >= 4 is 40.4 Å². The third-order valence-electron chi connectivity index (χ3n) is 4.94. The van der Waals surface area contributed by atoms with Crippen LogP contribution in [-0.4, -0.2) is 39.1 Å². The first-order valence-corrected chi connectivity index (χ1v) is 9.70. The summed E-state index contributed by atoms with van der Waals surface area (Å²) in [4.78, 5) is 29.1. The molecule has 7 heteroatoms. The maximum Gasteiger partial charge on any atom is 0.277 e. The molecule has 0 radical (unpaired) electrons. The van der Waals surface area contributed by atoms with Crippen LogP contribution in [0, 0.1) is 0 Å². The molecule has 0 saturated carbocycles. The molecule has 6 nitrogen and oxygen atoms in total. The summed E-state index contributed by atoms with van der Waals surface area (Å²) < 4.78 is 10.5. The zero-order valence-corrected chi connectivity index (χ0v) is 17.6. The molecule has 0 unspecified atom stereocenters. The van der Waals surface area contributed by atoms with Crippen molar-refractivity contribution < 1.29 is 19.1 Å². The number of hydrogen-bond acceptors (Lipinski definition) is 5. The third-order valence-corrected chi connectivity index (χ3v) is 5.29. The summed E-state index contributed by atoms with van der Waals surface area (Å²) in [6, 6.07) is 12.3. The lowest BCUT2D eigenvalue weighted by Gasteiger charge is -2.22. The molecule has 3 rings (SSSR count). The second kappa shape index (κ2) is 8.57. The van der Waals surface area contributed by atoms with Gasteiger partial charge in [-0.1, -0.05) is 17.7 Å². The van der Waals surface area contributed by atoms with Crippen LogP contribution in [-0.2, 0) is 9.59 Å². The molecule has 2 aromatic rings. The minimum atomic E-state index is -0.544. The Morgan fingerprint density at radius 1 is 0.897 bits per heavy atom. The fourth-order valence-electron chi connectivity index (χ4n) is 3.38. The van der Waals surface area contributed by atoms with E-state index in [1.54, 1.807) is 30.3 Å². The number of ether oxygens (including phenoxy) is 2. The Morgan fingerprint density at radius 2 is 1.52 bits per heavy atom. The first kappa shape index (κ1) is 20.7. The first-order chi connectivity index (χ1) is 14.0. The van der Waals surface area contributed by atoms with Crippen LogP contribution in [0.25, 0.3) is 5.57 Å². The van der Waals surface area contributed by atoms with Gasteiger partial charge in [0.25, 0.3) is 11.8 Å². The van der Waals surface area contributed by atoms with Gasteiger partial charge in [-0.15, -0.1) is 0 Å². The summed E-state index contributed by atoms with van der Waals surface area (Å²) in [5, 5.41) is -0.116. The number of nitrogens with zero attached hydrogens (tertiary/aromatic N) is 2. The SMILES string of the molecule is CCN(CC)c1ccc(N2C(=O)C(Cl)=C(c3ccc(OC)c(OC)c3)C2=O)cc1. The van der Waals surface area contributed by atoms with Crippen molar-refractivity contribution in [3.63, 3.8) is 0 Å². The number of carbonyl (C=O) groups is 2. The quantitative estimate of drug-likeness (QED) is 0.639. The number of benzene rings is 2. The van der Waals surface area contributed by atoms with Gasteiger partial charge in [-0.25, -0.2) is 4.90 Å². The molecule has 0 aliphatic carbocycles. The largest absolute Gasteiger partial charge is 0.493 e. The van der Waals surface area contributed by atoms with Crippen molar-refractivity contribution in [2.45, 2.75) is 13.8 Å². The minimum Gasteiger partial charge on any atom is -0.493 e. The van der Waals surface area contributed by atoms with Crippen molar-refractivity contribution in [1.29, 1.82) is 0 Å². The van der Waals surface area contributed by atoms with Crippen LogP contribution in [0.2, 0.25) is 0 Å². The average Bonchev–Trinajstić information content (AvgIpc) is 2.97. The predicted octanol–water partition coefficient (Wildman–Crippen LogP) is 4.07. The summed E-state index contributed by atoms with van der Waals surface area (Å²) in [6.45, 7) is 5.89. The smallest absolute Gasteiger partial charge is 0.277 e. The Morgan fingerprint density at radius 3 is 2.07 bits per heavy atom. The van der Waals surface area contributed by atoms with Crippen LogP contribution < -0.4 is 19.3 Å². The second-order valence-electron chi connectivity index (χ2n) is 6.39. The van der Waals surface area contributed by atoms with Crippen LogP contribution in [0.5, 0.6) is 11.5 Å². The van der Waals surface area contributed by atoms with Crippen molar-refractivity contribution in [3.05, 3.63) is 53.1 Å². The zero-order chi connectivity index (χ0) is 21.1. The molecule has 0 atom stereocenters. The summed E-state index contributed by atoms with van der Waals surface area (Å²) in [5.41, 5.74) is 2.14. The Labute approximate surface area is 175 Å². The first-order valence-electron chi connectivity index (χ1n) is 9.32. The number of anilines is 2. The molecule has 0 fully saturated rings. The van der Waals surface area contributed by atoms with Crippen LogP contribution in [0.1, 0.15) is 19.4 Å². The summed E-state index contributed by atoms with van der Waals surface area (Å²) in [5.74, 6) is -0.0438. The monoisotopic (exact) mass is 414 g/mol. The topological polar surface area (TPSA) is 59.1 Å². The fourth-order valence-corrected chi connectivity index (χ4v) is 3.66. The fraction of sp³-hybridized carbons (Fsp3) is 0.273. The predicted molar refractivity (Wildman–Crippen MR) is 115 cm³/mol. The molecule has 0 bridgehead atoms. The molecule has 1 aliphatic heterocycles. The molecular weight excluding hydrogens is 392 g/mol. The number of methoxy groups -OCH3 is 2. The highest BCUT2D eigenvalue weighted by atomic mass is 35.5. The molecule has 1 aliphatic rings. The number of imide groups is 1. The van der Waals surface area contributed by atoms with Gasteiger partial charge in [0.05, 0.1) is 25.5 Å². The third kappa shape index (κ3) is 3.68. The van der Waals surface area contributed by atoms with E-state index in [2.05, 4.69) is 18.7 Å². The Bertz CT molecular complexity index is 965. The highest BCUT2D eigenvalue weighted by Gasteiger charge is 2.39. The van der Waals surface area contributed by atoms with E-state index in [1.807, 2.05) is 12.1 Å². The highest BCUT2D eigenvalue weighted by Crippen LogP contribution is 2.38. The van der Waals surface area contributed by atoms with Gasteiger partial charge in [0.2, 0.25) is 0 Å². The van der Waals surface area contributed by atoms with Gasteiger partial charge in [-0.3, -0.25) is 9.59 Å².